The van der Waals surface area contributed by atoms with Crippen molar-refractivity contribution >= 4 is 31.9 Å². The summed E-state index contributed by atoms with van der Waals surface area (Å²) in [5.41, 5.74) is 0.365. The van der Waals surface area contributed by atoms with E-state index in [4.69, 9.17) is 0 Å². The average Bonchev–Trinajstić information content (AvgIpc) is 2.53. The molecule has 0 aromatic heterocycles. The third-order valence-electron chi connectivity index (χ3n) is 3.80. The summed E-state index contributed by atoms with van der Waals surface area (Å²) in [6, 6.07) is 4.72. The smallest absolute Gasteiger partial charge is 0.251 e. The lowest BCUT2D eigenvalue weighted by Gasteiger charge is -2.26. The Hall–Kier alpha value is -0.920. The molecule has 1 heterocycles. The summed E-state index contributed by atoms with van der Waals surface area (Å²) >= 11 is 3.31. The molecule has 0 unspecified atom stereocenters. The van der Waals surface area contributed by atoms with E-state index in [1.165, 1.54) is 10.4 Å². The Kier molecular flexibility index (Phi) is 6.22. The van der Waals surface area contributed by atoms with E-state index in [0.717, 1.165) is 19.3 Å². The molecule has 128 valence electrons. The van der Waals surface area contributed by atoms with Crippen LogP contribution >= 0.6 is 15.9 Å². The third kappa shape index (κ3) is 4.55. The van der Waals surface area contributed by atoms with Gasteiger partial charge in [-0.25, -0.2) is 8.42 Å². The second-order valence-electron chi connectivity index (χ2n) is 6.21. The molecular formula is C16H23BrN2O3S. The topological polar surface area (TPSA) is 66.5 Å². The fraction of sp³-hybridized carbons (Fsp3) is 0.562. The first kappa shape index (κ1) is 18.4. The Bertz CT molecular complexity index is 668. The number of hydrogen-bond acceptors (Lipinski definition) is 3. The minimum absolute atomic E-state index is 0.164. The Morgan fingerprint density at radius 3 is 2.52 bits per heavy atom. The fourth-order valence-corrected chi connectivity index (χ4v) is 4.95. The highest BCUT2D eigenvalue weighted by atomic mass is 79.9. The Labute approximate surface area is 146 Å². The van der Waals surface area contributed by atoms with Gasteiger partial charge in [-0.1, -0.05) is 20.3 Å². The van der Waals surface area contributed by atoms with Gasteiger partial charge in [-0.2, -0.15) is 4.31 Å². The molecule has 1 amide bonds. The number of benzene rings is 1. The van der Waals surface area contributed by atoms with Crippen molar-refractivity contribution in [1.29, 1.82) is 0 Å². The molecule has 23 heavy (non-hydrogen) atoms. The molecular weight excluding hydrogens is 380 g/mol. The number of sulfonamides is 1. The summed E-state index contributed by atoms with van der Waals surface area (Å²) in [4.78, 5) is 12.3. The van der Waals surface area contributed by atoms with Gasteiger partial charge in [0.05, 0.1) is 4.90 Å². The van der Waals surface area contributed by atoms with Crippen molar-refractivity contribution < 1.29 is 13.2 Å². The number of rotatable bonds is 5. The summed E-state index contributed by atoms with van der Waals surface area (Å²) in [6.07, 6.45) is 2.82. The van der Waals surface area contributed by atoms with Crippen molar-refractivity contribution in [2.24, 2.45) is 5.92 Å². The molecule has 0 saturated carbocycles. The van der Waals surface area contributed by atoms with Gasteiger partial charge < -0.3 is 5.32 Å². The highest BCUT2D eigenvalue weighted by molar-refractivity contribution is 9.10. The van der Waals surface area contributed by atoms with E-state index in [9.17, 15) is 13.2 Å². The zero-order valence-corrected chi connectivity index (χ0v) is 15.9. The van der Waals surface area contributed by atoms with E-state index in [0.29, 0.717) is 35.6 Å². The molecule has 1 N–H and O–H groups in total. The number of nitrogens with zero attached hydrogens (tertiary/aromatic N) is 1. The summed E-state index contributed by atoms with van der Waals surface area (Å²) in [7, 11) is -3.57. The predicted octanol–water partition coefficient (Wildman–Crippen LogP) is 3.01. The van der Waals surface area contributed by atoms with Crippen LogP contribution in [0.15, 0.2) is 27.6 Å². The number of carbonyl (C=O) groups is 1. The predicted molar refractivity (Wildman–Crippen MR) is 93.9 cm³/mol. The Balaban J connectivity index is 2.28. The monoisotopic (exact) mass is 402 g/mol. The van der Waals surface area contributed by atoms with Crippen LogP contribution in [0, 0.1) is 5.92 Å². The van der Waals surface area contributed by atoms with E-state index in [-0.39, 0.29) is 10.8 Å². The summed E-state index contributed by atoms with van der Waals surface area (Å²) < 4.78 is 27.6. The van der Waals surface area contributed by atoms with Crippen LogP contribution in [0.2, 0.25) is 0 Å². The van der Waals surface area contributed by atoms with Gasteiger partial charge in [0.15, 0.2) is 0 Å². The maximum Gasteiger partial charge on any atom is 0.251 e. The Morgan fingerprint density at radius 2 is 1.91 bits per heavy atom. The van der Waals surface area contributed by atoms with E-state index in [1.54, 1.807) is 12.1 Å². The summed E-state index contributed by atoms with van der Waals surface area (Å²) in [5, 5.41) is 2.81. The maximum atomic E-state index is 12.8. The van der Waals surface area contributed by atoms with Crippen molar-refractivity contribution in [2.75, 3.05) is 19.6 Å². The van der Waals surface area contributed by atoms with E-state index < -0.39 is 10.0 Å². The van der Waals surface area contributed by atoms with Crippen LogP contribution < -0.4 is 5.32 Å². The van der Waals surface area contributed by atoms with Crippen molar-refractivity contribution in [3.05, 3.63) is 28.2 Å². The minimum Gasteiger partial charge on any atom is -0.352 e. The first-order valence-electron chi connectivity index (χ1n) is 7.90. The molecule has 0 aliphatic carbocycles. The second kappa shape index (κ2) is 7.77. The molecule has 7 heteroatoms. The molecule has 1 aliphatic rings. The third-order valence-corrected chi connectivity index (χ3v) is 6.69. The summed E-state index contributed by atoms with van der Waals surface area (Å²) in [6.45, 7) is 5.66. The lowest BCUT2D eigenvalue weighted by atomic mass is 10.2. The van der Waals surface area contributed by atoms with Crippen molar-refractivity contribution in [3.8, 4) is 0 Å². The van der Waals surface area contributed by atoms with Crippen LogP contribution in [-0.2, 0) is 10.0 Å². The molecule has 5 nitrogen and oxygen atoms in total. The Morgan fingerprint density at radius 1 is 1.26 bits per heavy atom. The molecule has 0 bridgehead atoms. The number of nitrogens with one attached hydrogen (secondary N) is 1. The second-order valence-corrected chi connectivity index (χ2v) is 8.97. The fourth-order valence-electron chi connectivity index (χ4n) is 2.49. The minimum atomic E-state index is -3.57. The van der Waals surface area contributed by atoms with Crippen LogP contribution in [0.25, 0.3) is 0 Å². The molecule has 0 radical (unpaired) electrons. The molecule has 1 fully saturated rings. The van der Waals surface area contributed by atoms with Gasteiger partial charge >= 0.3 is 0 Å². The largest absolute Gasteiger partial charge is 0.352 e. The highest BCUT2D eigenvalue weighted by Gasteiger charge is 2.28. The van der Waals surface area contributed by atoms with E-state index in [2.05, 4.69) is 21.2 Å². The van der Waals surface area contributed by atoms with E-state index in [1.807, 2.05) is 13.8 Å². The van der Waals surface area contributed by atoms with Gasteiger partial charge in [0.1, 0.15) is 0 Å². The standard InChI is InChI=1S/C16H23BrN2O3S/c1-12(2)11-18-16(20)13-6-7-14(17)15(10-13)23(21,22)19-8-4-3-5-9-19/h6-7,10,12H,3-5,8-9,11H2,1-2H3,(H,18,20). The number of hydrogen-bond donors (Lipinski definition) is 1. The van der Waals surface area contributed by atoms with Crippen LogP contribution in [0.5, 0.6) is 0 Å². The normalized spacial score (nSPS) is 16.5. The zero-order chi connectivity index (χ0) is 17.0. The number of carbonyl (C=O) groups excluding carboxylic acids is 1. The lowest BCUT2D eigenvalue weighted by molar-refractivity contribution is 0.0949. The van der Waals surface area contributed by atoms with Gasteiger partial charge in [-0.3, -0.25) is 4.79 Å². The van der Waals surface area contributed by atoms with Gasteiger partial charge in [-0.05, 0) is 52.9 Å². The average molecular weight is 403 g/mol. The van der Waals surface area contributed by atoms with Crippen LogP contribution in [0.4, 0.5) is 0 Å². The van der Waals surface area contributed by atoms with Crippen molar-refractivity contribution in [1.82, 2.24) is 9.62 Å². The van der Waals surface area contributed by atoms with E-state index >= 15 is 0 Å². The first-order valence-corrected chi connectivity index (χ1v) is 10.1. The van der Waals surface area contributed by atoms with Gasteiger partial charge in [0.2, 0.25) is 10.0 Å². The quantitative estimate of drug-likeness (QED) is 0.822. The van der Waals surface area contributed by atoms with Crippen molar-refractivity contribution in [2.45, 2.75) is 38.0 Å². The number of piperidine rings is 1. The van der Waals surface area contributed by atoms with Gasteiger partial charge in [0, 0.05) is 29.7 Å². The van der Waals surface area contributed by atoms with Crippen LogP contribution in [0.1, 0.15) is 43.5 Å². The SMILES string of the molecule is CC(C)CNC(=O)c1ccc(Br)c(S(=O)(=O)N2CCCCC2)c1. The molecule has 0 spiro atoms. The maximum absolute atomic E-state index is 12.8. The first-order chi connectivity index (χ1) is 10.8. The zero-order valence-electron chi connectivity index (χ0n) is 13.5. The molecule has 1 aromatic rings. The molecule has 1 aliphatic heterocycles. The van der Waals surface area contributed by atoms with Crippen LogP contribution in [0.3, 0.4) is 0 Å². The van der Waals surface area contributed by atoms with Crippen LogP contribution in [-0.4, -0.2) is 38.3 Å². The lowest BCUT2D eigenvalue weighted by Crippen LogP contribution is -2.36. The molecule has 1 saturated heterocycles. The summed E-state index contributed by atoms with van der Waals surface area (Å²) in [5.74, 6) is 0.0900. The van der Waals surface area contributed by atoms with Gasteiger partial charge in [0.25, 0.3) is 5.91 Å². The van der Waals surface area contributed by atoms with Gasteiger partial charge in [-0.15, -0.1) is 0 Å². The number of amides is 1. The molecule has 0 atom stereocenters. The number of halogens is 1. The highest BCUT2D eigenvalue weighted by Crippen LogP contribution is 2.28. The van der Waals surface area contributed by atoms with Crippen molar-refractivity contribution in [3.63, 3.8) is 0 Å². The molecule has 2 rings (SSSR count). The molecule has 1 aromatic carbocycles.